The Morgan fingerprint density at radius 3 is 0.909 bits per heavy atom. The number of hydrogen-bond donors (Lipinski definition) is 0. The summed E-state index contributed by atoms with van der Waals surface area (Å²) in [5, 5.41) is 0. The minimum absolute atomic E-state index is 0.117. The second-order valence-corrected chi connectivity index (χ2v) is 20.2. The fraction of sp³-hybridized carbons (Fsp3) is 0.620. The summed E-state index contributed by atoms with van der Waals surface area (Å²) in [6.45, 7) is 6.30. The Labute approximate surface area is 474 Å². The zero-order valence-corrected chi connectivity index (χ0v) is 49.7. The van der Waals surface area contributed by atoms with E-state index in [2.05, 4.69) is 154 Å². The molecule has 0 radical (unpaired) electrons. The van der Waals surface area contributed by atoms with Gasteiger partial charge < -0.3 is 14.2 Å². The molecule has 0 aromatic carbocycles. The predicted octanol–water partition coefficient (Wildman–Crippen LogP) is 21.5. The van der Waals surface area contributed by atoms with Crippen LogP contribution in [0.15, 0.2) is 146 Å². The zero-order valence-electron chi connectivity index (χ0n) is 49.7. The van der Waals surface area contributed by atoms with E-state index in [0.29, 0.717) is 6.42 Å². The van der Waals surface area contributed by atoms with Crippen molar-refractivity contribution >= 4 is 17.9 Å². The lowest BCUT2D eigenvalue weighted by atomic mass is 10.1. The van der Waals surface area contributed by atoms with Gasteiger partial charge in [-0.25, -0.2) is 0 Å². The highest BCUT2D eigenvalue weighted by Gasteiger charge is 2.19. The van der Waals surface area contributed by atoms with Crippen LogP contribution in [0.5, 0.6) is 0 Å². The van der Waals surface area contributed by atoms with E-state index in [1.54, 1.807) is 6.08 Å². The summed E-state index contributed by atoms with van der Waals surface area (Å²) in [6.07, 6.45) is 91.6. The first-order valence-corrected chi connectivity index (χ1v) is 31.3. The molecule has 0 amide bonds. The third kappa shape index (κ3) is 62.0. The minimum atomic E-state index is -0.835. The number of carbonyl (C=O) groups is 3. The third-order valence-electron chi connectivity index (χ3n) is 12.8. The third-order valence-corrected chi connectivity index (χ3v) is 12.8. The molecule has 1 unspecified atom stereocenters. The highest BCUT2D eigenvalue weighted by molar-refractivity contribution is 5.72. The van der Waals surface area contributed by atoms with Crippen LogP contribution in [-0.4, -0.2) is 37.2 Å². The smallest absolute Gasteiger partial charge is 0.309 e. The van der Waals surface area contributed by atoms with Gasteiger partial charge in [0.25, 0.3) is 0 Å². The molecule has 0 bridgehead atoms. The topological polar surface area (TPSA) is 78.9 Å². The molecular formula is C71H114O6. The van der Waals surface area contributed by atoms with E-state index < -0.39 is 12.1 Å². The van der Waals surface area contributed by atoms with Crippen LogP contribution in [0.2, 0.25) is 0 Å². The van der Waals surface area contributed by atoms with Crippen molar-refractivity contribution in [2.45, 2.75) is 271 Å². The molecule has 434 valence electrons. The molecule has 77 heavy (non-hydrogen) atoms. The molecule has 0 aliphatic rings. The highest BCUT2D eigenvalue weighted by Crippen LogP contribution is 2.15. The lowest BCUT2D eigenvalue weighted by Crippen LogP contribution is -2.30. The van der Waals surface area contributed by atoms with Crippen molar-refractivity contribution in [3.05, 3.63) is 146 Å². The Hall–Kier alpha value is -4.71. The molecule has 0 aromatic heterocycles. The Balaban J connectivity index is 4.47. The number of rotatable bonds is 55. The molecule has 0 rings (SSSR count). The molecule has 0 aliphatic heterocycles. The maximum Gasteiger partial charge on any atom is 0.309 e. The first-order chi connectivity index (χ1) is 38.0. The maximum atomic E-state index is 12.9. The van der Waals surface area contributed by atoms with E-state index in [4.69, 9.17) is 14.2 Å². The van der Waals surface area contributed by atoms with E-state index in [1.165, 1.54) is 103 Å². The van der Waals surface area contributed by atoms with Crippen LogP contribution in [0.1, 0.15) is 265 Å². The number of hydrogen-bond acceptors (Lipinski definition) is 6. The van der Waals surface area contributed by atoms with Crippen LogP contribution in [0.3, 0.4) is 0 Å². The number of carbonyl (C=O) groups excluding carboxylic acids is 3. The Morgan fingerprint density at radius 1 is 0.286 bits per heavy atom. The predicted molar refractivity (Wildman–Crippen MR) is 334 cm³/mol. The van der Waals surface area contributed by atoms with E-state index in [0.717, 1.165) is 122 Å². The summed E-state index contributed by atoms with van der Waals surface area (Å²) in [6, 6.07) is 0. The standard InChI is InChI=1S/C71H114O6/c1-4-7-10-13-16-19-22-25-28-30-32-33-34-35-36-37-39-40-43-46-49-52-55-58-61-64-70(73)76-67-68(66-75-69(72)63-60-57-54-51-48-45-42-27-24-21-18-15-12-9-6-3)77-71(74)65-62-59-56-53-50-47-44-41-38-31-29-26-23-20-17-14-11-8-5-2/h8-9,11-12,17-18,20-22,25-27,29-30,32,34-35,38,41-42,48,51,57,60,68H,4-7,10,13-16,19,23-24,28,31,33,36-37,39-40,43-47,49-50,52-56,58-59,61-67H2,1-3H3/b11-8-,12-9-,20-17-,21-18-,25-22-,29-26-,32-30-,35-34-,41-38-,42-27-,51-48-,60-57-. The van der Waals surface area contributed by atoms with E-state index in [9.17, 15) is 14.4 Å². The summed E-state index contributed by atoms with van der Waals surface area (Å²) in [7, 11) is 0. The van der Waals surface area contributed by atoms with Crippen molar-refractivity contribution in [1.29, 1.82) is 0 Å². The molecule has 0 fully saturated rings. The van der Waals surface area contributed by atoms with Crippen molar-refractivity contribution in [3.8, 4) is 0 Å². The Bertz CT molecular complexity index is 1700. The second kappa shape index (κ2) is 63.8. The largest absolute Gasteiger partial charge is 0.462 e. The number of esters is 3. The van der Waals surface area contributed by atoms with Crippen molar-refractivity contribution in [2.75, 3.05) is 13.2 Å². The van der Waals surface area contributed by atoms with Crippen LogP contribution in [-0.2, 0) is 28.6 Å². The van der Waals surface area contributed by atoms with Crippen molar-refractivity contribution in [3.63, 3.8) is 0 Å². The quantitative estimate of drug-likeness (QED) is 0.0261. The van der Waals surface area contributed by atoms with Crippen LogP contribution >= 0.6 is 0 Å². The minimum Gasteiger partial charge on any atom is -0.462 e. The van der Waals surface area contributed by atoms with Gasteiger partial charge in [0.2, 0.25) is 0 Å². The number of allylic oxidation sites excluding steroid dienone is 23. The molecule has 0 N–H and O–H groups in total. The lowest BCUT2D eigenvalue weighted by Gasteiger charge is -2.18. The van der Waals surface area contributed by atoms with Gasteiger partial charge in [0, 0.05) is 12.8 Å². The van der Waals surface area contributed by atoms with Gasteiger partial charge in [-0.2, -0.15) is 0 Å². The molecule has 0 saturated heterocycles. The summed E-state index contributed by atoms with van der Waals surface area (Å²) in [5.74, 6) is -1.08. The first kappa shape index (κ1) is 72.3. The molecule has 0 spiro atoms. The first-order valence-electron chi connectivity index (χ1n) is 31.3. The van der Waals surface area contributed by atoms with Crippen LogP contribution in [0.25, 0.3) is 0 Å². The molecule has 0 heterocycles. The lowest BCUT2D eigenvalue weighted by molar-refractivity contribution is -0.166. The molecule has 0 saturated carbocycles. The van der Waals surface area contributed by atoms with E-state index in [-0.39, 0.29) is 38.0 Å². The van der Waals surface area contributed by atoms with Gasteiger partial charge in [0.15, 0.2) is 6.10 Å². The van der Waals surface area contributed by atoms with E-state index in [1.807, 2.05) is 6.08 Å². The van der Waals surface area contributed by atoms with Crippen molar-refractivity contribution in [1.82, 2.24) is 0 Å². The highest BCUT2D eigenvalue weighted by atomic mass is 16.6. The van der Waals surface area contributed by atoms with Gasteiger partial charge in [-0.15, -0.1) is 0 Å². The summed E-state index contributed by atoms with van der Waals surface area (Å²) < 4.78 is 16.8. The maximum absolute atomic E-state index is 12.9. The normalized spacial score (nSPS) is 13.1. The zero-order chi connectivity index (χ0) is 55.7. The van der Waals surface area contributed by atoms with Gasteiger partial charge in [-0.3, -0.25) is 14.4 Å². The molecule has 6 heteroatoms. The summed E-state index contributed by atoms with van der Waals surface area (Å²) in [5.41, 5.74) is 0. The summed E-state index contributed by atoms with van der Waals surface area (Å²) in [4.78, 5) is 38.2. The van der Waals surface area contributed by atoms with Gasteiger partial charge in [-0.05, 0) is 122 Å². The van der Waals surface area contributed by atoms with Crippen molar-refractivity contribution < 1.29 is 28.6 Å². The Morgan fingerprint density at radius 2 is 0.558 bits per heavy atom. The Kier molecular flexibility index (Phi) is 59.9. The van der Waals surface area contributed by atoms with Gasteiger partial charge >= 0.3 is 17.9 Å². The fourth-order valence-electron chi connectivity index (χ4n) is 8.22. The molecule has 6 nitrogen and oxygen atoms in total. The fourth-order valence-corrected chi connectivity index (χ4v) is 8.22. The van der Waals surface area contributed by atoms with Gasteiger partial charge in [0.1, 0.15) is 13.2 Å². The number of ether oxygens (including phenoxy) is 3. The average Bonchev–Trinajstić information content (AvgIpc) is 3.43. The molecule has 0 aromatic rings. The monoisotopic (exact) mass is 1060 g/mol. The average molecular weight is 1060 g/mol. The van der Waals surface area contributed by atoms with Crippen LogP contribution in [0, 0.1) is 0 Å². The van der Waals surface area contributed by atoms with Crippen LogP contribution < -0.4 is 0 Å². The van der Waals surface area contributed by atoms with Gasteiger partial charge in [-0.1, -0.05) is 269 Å². The molecule has 1 atom stereocenters. The van der Waals surface area contributed by atoms with Crippen molar-refractivity contribution in [2.24, 2.45) is 0 Å². The molecular weight excluding hydrogens is 949 g/mol. The molecule has 0 aliphatic carbocycles. The second-order valence-electron chi connectivity index (χ2n) is 20.2. The van der Waals surface area contributed by atoms with Gasteiger partial charge in [0.05, 0.1) is 6.42 Å². The SMILES string of the molecule is CC/C=C\C/C=C\C/C=C\C/C=C\C/C=C\CC(=O)OCC(COC(=O)CCCCCCCCCCCC/C=C\C/C=C\C/C=C\CCCCCCC)OC(=O)CCCCCCCC/C=C\C/C=C\C/C=C\C/C=C\CC. The van der Waals surface area contributed by atoms with Crippen LogP contribution in [0.4, 0.5) is 0 Å². The van der Waals surface area contributed by atoms with E-state index >= 15 is 0 Å². The number of unbranched alkanes of at least 4 members (excludes halogenated alkanes) is 21. The summed E-state index contributed by atoms with van der Waals surface area (Å²) >= 11 is 0.